The van der Waals surface area contributed by atoms with Crippen molar-refractivity contribution in [1.29, 1.82) is 0 Å². The van der Waals surface area contributed by atoms with E-state index in [1.54, 1.807) is 37.8 Å². The first-order valence-electron chi connectivity index (χ1n) is 50.2. The van der Waals surface area contributed by atoms with Crippen molar-refractivity contribution in [3.05, 3.63) is 222 Å². The number of rotatable bonds is 17. The molecule has 0 saturated carbocycles. The van der Waals surface area contributed by atoms with Crippen LogP contribution in [0.25, 0.3) is 49.4 Å². The van der Waals surface area contributed by atoms with Crippen molar-refractivity contribution in [2.24, 2.45) is 32.5 Å². The molecule has 16 rings (SSSR count). The highest BCUT2D eigenvalue weighted by Crippen LogP contribution is 2.39. The molecule has 1 amide bonds. The van der Waals surface area contributed by atoms with E-state index < -0.39 is 17.6 Å². The van der Waals surface area contributed by atoms with Gasteiger partial charge in [-0.15, -0.1) is 22.7 Å². The number of benzene rings is 1. The predicted octanol–water partition coefficient (Wildman–Crippen LogP) is 24.9. The number of carbonyl (C=O) groups is 1. The van der Waals surface area contributed by atoms with Crippen LogP contribution in [0, 0.1) is 63.6 Å². The Bertz CT molecular complexity index is 6350. The number of aromatic amines is 1. The number of anilines is 2. The average molecular weight is 2100 g/mol. The third-order valence-corrected chi connectivity index (χ3v) is 22.4. The van der Waals surface area contributed by atoms with E-state index in [0.717, 1.165) is 165 Å². The fraction of sp³-hybridized carbons (Fsp3) is 0.569. The Kier molecular flexibility index (Phi) is 45.7. The summed E-state index contributed by atoms with van der Waals surface area (Å²) in [4.78, 5) is 88.2. The van der Waals surface area contributed by atoms with Gasteiger partial charge in [-0.2, -0.15) is 44.3 Å². The van der Waals surface area contributed by atoms with Crippen LogP contribution in [0.15, 0.2) is 144 Å². The zero-order valence-corrected chi connectivity index (χ0v) is 95.2. The molecule has 15 heterocycles. The largest absolute Gasteiger partial charge is 0.379 e. The molecule has 0 unspecified atom stereocenters. The highest BCUT2D eigenvalue weighted by Gasteiger charge is 2.29. The molecule has 40 heteroatoms. The molecule has 2 aliphatic heterocycles. The molecular formula is C109H157F3N24O11S2. The Morgan fingerprint density at radius 1 is 0.483 bits per heavy atom. The number of carbonyl (C=O) groups excluding carboxylic acids is 1. The molecule has 149 heavy (non-hydrogen) atoms. The van der Waals surface area contributed by atoms with Gasteiger partial charge in [-0.25, -0.2) is 18.4 Å². The van der Waals surface area contributed by atoms with Gasteiger partial charge in [-0.05, 0) is 130 Å². The van der Waals surface area contributed by atoms with Gasteiger partial charge in [0.25, 0.3) is 29.2 Å². The fourth-order valence-electron chi connectivity index (χ4n) is 13.2. The zero-order chi connectivity index (χ0) is 111. The van der Waals surface area contributed by atoms with Crippen molar-refractivity contribution in [3.63, 3.8) is 0 Å². The van der Waals surface area contributed by atoms with E-state index in [2.05, 4.69) is 289 Å². The number of ether oxygens (including phenoxy) is 1. The van der Waals surface area contributed by atoms with Crippen molar-refractivity contribution >= 4 is 55.3 Å². The Morgan fingerprint density at radius 2 is 0.933 bits per heavy atom. The monoisotopic (exact) mass is 2100 g/mol. The lowest BCUT2D eigenvalue weighted by atomic mass is 9.91. The minimum Gasteiger partial charge on any atom is -0.379 e. The first-order chi connectivity index (χ1) is 69.3. The smallest absolute Gasteiger partial charge is 0.328 e. The second-order valence-electron chi connectivity index (χ2n) is 47.8. The zero-order valence-electron chi connectivity index (χ0n) is 93.6. The van der Waals surface area contributed by atoms with Crippen molar-refractivity contribution in [3.8, 4) is 34.4 Å². The van der Waals surface area contributed by atoms with Gasteiger partial charge in [0.05, 0.1) is 49.5 Å². The van der Waals surface area contributed by atoms with Gasteiger partial charge in [0.1, 0.15) is 9.70 Å². The maximum atomic E-state index is 13.1. The van der Waals surface area contributed by atoms with Crippen LogP contribution in [-0.4, -0.2) is 157 Å². The molecule has 0 spiro atoms. The summed E-state index contributed by atoms with van der Waals surface area (Å²) in [7, 11) is 0. The van der Waals surface area contributed by atoms with E-state index in [1.165, 1.54) is 53.4 Å². The van der Waals surface area contributed by atoms with Gasteiger partial charge in [0, 0.05) is 124 Å². The van der Waals surface area contributed by atoms with Crippen LogP contribution in [0.4, 0.5) is 29.7 Å². The number of pyridine rings is 3. The summed E-state index contributed by atoms with van der Waals surface area (Å²) in [5.74, 6) is 6.04. The molecule has 2 fully saturated rings. The third kappa shape index (κ3) is 46.2. The Balaban J connectivity index is 0.000000224. The molecule has 0 aliphatic carbocycles. The van der Waals surface area contributed by atoms with Gasteiger partial charge in [-0.1, -0.05) is 275 Å². The summed E-state index contributed by atoms with van der Waals surface area (Å²) in [5, 5.41) is 35.5. The van der Waals surface area contributed by atoms with Gasteiger partial charge in [-0.3, -0.25) is 33.9 Å². The first-order valence-corrected chi connectivity index (χ1v) is 51.9. The lowest BCUT2D eigenvalue weighted by Crippen LogP contribution is -2.38. The molecule has 3 N–H and O–H groups in total. The van der Waals surface area contributed by atoms with Crippen LogP contribution in [0.1, 0.15) is 316 Å². The van der Waals surface area contributed by atoms with Crippen molar-refractivity contribution in [2.45, 2.75) is 328 Å². The van der Waals surface area contributed by atoms with E-state index in [9.17, 15) is 27.6 Å². The Hall–Kier alpha value is -12.6. The number of piperidine rings is 1. The number of aromatic nitrogens is 19. The summed E-state index contributed by atoms with van der Waals surface area (Å²) in [5.41, 5.74) is 3.73. The van der Waals surface area contributed by atoms with E-state index in [1.807, 2.05) is 108 Å². The Labute approximate surface area is 882 Å². The lowest BCUT2D eigenvalue weighted by Gasteiger charge is -2.24. The highest BCUT2D eigenvalue weighted by molar-refractivity contribution is 7.17. The number of nitrogens with zero attached hydrogens (tertiary/aromatic N) is 21. The molecule has 0 atom stereocenters. The van der Waals surface area contributed by atoms with Gasteiger partial charge in [0.2, 0.25) is 35.2 Å². The normalized spacial score (nSPS) is 13.3. The predicted molar refractivity (Wildman–Crippen MR) is 576 cm³/mol. The second-order valence-corrected chi connectivity index (χ2v) is 49.8. The second kappa shape index (κ2) is 55.3. The van der Waals surface area contributed by atoms with Crippen LogP contribution in [0.3, 0.4) is 0 Å². The summed E-state index contributed by atoms with van der Waals surface area (Å²) < 4.78 is 81.5. The molecule has 0 bridgehead atoms. The van der Waals surface area contributed by atoms with Gasteiger partial charge >= 0.3 is 5.69 Å². The van der Waals surface area contributed by atoms with Crippen LogP contribution < -0.4 is 21.9 Å². The minimum atomic E-state index is -1.30. The lowest BCUT2D eigenvalue weighted by molar-refractivity contribution is -0.114. The van der Waals surface area contributed by atoms with Crippen molar-refractivity contribution < 1.29 is 54.4 Å². The van der Waals surface area contributed by atoms with Crippen molar-refractivity contribution in [2.75, 3.05) is 56.6 Å². The number of likely N-dealkylation sites (tertiary alicyclic amines) is 1. The molecule has 13 aromatic heterocycles. The van der Waals surface area contributed by atoms with E-state index >= 15 is 0 Å². The number of H-pyrrole nitrogens is 1. The minimum absolute atomic E-state index is 0.00222. The molecule has 0 radical (unpaired) electrons. The summed E-state index contributed by atoms with van der Waals surface area (Å²) >= 11 is 2.85. The van der Waals surface area contributed by atoms with Crippen LogP contribution in [0.2, 0.25) is 0 Å². The maximum absolute atomic E-state index is 13.1. The number of hydrogen-bond acceptors (Lipinski definition) is 33. The number of fused-ring (bicyclic) bond motifs is 1. The number of aryl methyl sites for hydroxylation is 2. The Morgan fingerprint density at radius 3 is 1.36 bits per heavy atom. The summed E-state index contributed by atoms with van der Waals surface area (Å²) in [6.07, 6.45) is 16.1. The topological polar surface area (TPSA) is 427 Å². The number of morpholine rings is 1. The maximum Gasteiger partial charge on any atom is 0.328 e. The highest BCUT2D eigenvalue weighted by atomic mass is 32.1. The van der Waals surface area contributed by atoms with E-state index in [-0.39, 0.29) is 77.1 Å². The summed E-state index contributed by atoms with van der Waals surface area (Å²) in [6, 6.07) is 21.4. The van der Waals surface area contributed by atoms with Crippen LogP contribution in [-0.2, 0) is 82.9 Å². The van der Waals surface area contributed by atoms with E-state index in [4.69, 9.17) is 43.0 Å². The quantitative estimate of drug-likeness (QED) is 0.0563. The summed E-state index contributed by atoms with van der Waals surface area (Å²) in [6.45, 7) is 83.1. The molecule has 2 saturated heterocycles. The fourth-order valence-corrected chi connectivity index (χ4v) is 15.3. The molecule has 2 aliphatic rings. The molecule has 1 aromatic carbocycles. The average Bonchev–Trinajstić information content (AvgIpc) is 1.68. The molecule has 35 nitrogen and oxygen atoms in total. The molecule has 812 valence electrons. The number of thiophene rings is 2. The number of amides is 1. The molecular weight excluding hydrogens is 1940 g/mol. The standard InChI is InChI=1S/2C12H15N3O.C12H21N3O.C12H16N2OS.C12H14N2O.C11H19N3O2.C11H14N2O2S.C10H13F3N2.C10H18N2O.C7H12N2O/c2*1-12(2,3)7-10-14-11(16-15-10)9-5-4-6-13-8-9;1-12(2,3)11-13-10(16-14-11)9-15-7-5-4-6-8-15;1-8(15)14-11-10(13-5)6-9(16-11)7-12(2,3)4;1-12(2,3)11-13-10(15-14-11)9-7-5-4-6-8-9;1-11(2,3)10-12-9(16-13-10)8-14-4-6-15-7-5-14;1-11(2,3)6-13-9(14)8-7(4-5-16-8)12-10(13)15;1-10(2,3)5-14-9-7(12)4-6(11)8(13)15-9;1-5-6-9-11-8(12-13-9)7-10(2,3)4;1-5-8-6(9-10-5)7(2,3)4/h2*4-6,8H,7H2,1-3H3;4-9H2,1-3H3;6H,7H2,1-4H3,(H,14,15);4-8H,1-3H3;4-8H2,1-3H3;4-5H,6H2,1-3H3,(H,12,15);4H,5H2,1-3H3,(H,14,15);5-7H2,1-4H3;1-4H3. The van der Waals surface area contributed by atoms with Crippen LogP contribution >= 0.6 is 22.7 Å². The van der Waals surface area contributed by atoms with E-state index in [0.29, 0.717) is 69.5 Å². The van der Waals surface area contributed by atoms with Gasteiger partial charge in [0.15, 0.2) is 58.2 Å². The number of halogens is 3. The van der Waals surface area contributed by atoms with Crippen molar-refractivity contribution in [1.82, 2.24) is 105 Å². The van der Waals surface area contributed by atoms with Crippen LogP contribution in [0.5, 0.6) is 0 Å². The number of hydrogen-bond donors (Lipinski definition) is 3. The third-order valence-electron chi connectivity index (χ3n) is 20.4. The number of nitrogens with one attached hydrogen (secondary N) is 3. The SMILES string of the molecule is CC(C)(C)CNc1nc(F)c(F)cc1F.CC(C)(C)Cc1noc(-c2cccnc2)n1.CC(C)(C)Cc1noc(-c2cccnc2)n1.CC(C)(C)Cn1c(=O)[nH]c2ccsc2c1=O.CC(C)(C)c1noc(-c2ccccc2)n1.CC(C)(C)c1noc(CN2CCCCC2)n1.CC(C)(C)c1noc(CN2CCOCC2)n1.CCCc1nc(CC(C)(C)C)no1.Cc1nc(C(C)(C)C)no1.[C-]#[N+]c1cc(CC(C)(C)C)sc1NC(C)=O. The molecule has 14 aromatic rings. The van der Waals surface area contributed by atoms with Gasteiger partial charge < -0.3 is 52.0 Å². The first kappa shape index (κ1) is 123.